The predicted octanol–water partition coefficient (Wildman–Crippen LogP) is 2.34. The van der Waals surface area contributed by atoms with Gasteiger partial charge in [-0.1, -0.05) is 11.6 Å². The smallest absolute Gasteiger partial charge is 0.264 e. The maximum atomic E-state index is 12.5. The van der Waals surface area contributed by atoms with Crippen LogP contribution in [0.3, 0.4) is 0 Å². The van der Waals surface area contributed by atoms with Crippen LogP contribution >= 0.6 is 22.9 Å². The summed E-state index contributed by atoms with van der Waals surface area (Å²) in [5.74, 6) is 1.60. The molecule has 0 unspecified atom stereocenters. The Morgan fingerprint density at radius 2 is 1.92 bits per heavy atom. The number of carbonyl (C=O) groups excluding carboxylic acids is 1. The maximum Gasteiger partial charge on any atom is 0.264 e. The molecular weight excluding hydrogens is 360 g/mol. The first-order valence-corrected chi connectivity index (χ1v) is 9.02. The Balaban J connectivity index is 1.44. The van der Waals surface area contributed by atoms with Crippen molar-refractivity contribution >= 4 is 34.7 Å². The van der Waals surface area contributed by atoms with Gasteiger partial charge in [-0.15, -0.1) is 11.3 Å². The second-order valence-corrected chi connectivity index (χ2v) is 7.28. The van der Waals surface area contributed by atoms with E-state index in [4.69, 9.17) is 11.6 Å². The number of carbonyl (C=O) groups is 1. The molecule has 1 fully saturated rings. The largest absolute Gasteiger partial charge is 0.353 e. The molecule has 3 aromatic heterocycles. The highest BCUT2D eigenvalue weighted by atomic mass is 35.5. The van der Waals surface area contributed by atoms with Crippen molar-refractivity contribution in [2.45, 2.75) is 0 Å². The molecule has 25 heavy (non-hydrogen) atoms. The molecule has 4 rings (SSSR count). The van der Waals surface area contributed by atoms with E-state index in [2.05, 4.69) is 20.0 Å². The van der Waals surface area contributed by atoms with Crippen LogP contribution in [0, 0.1) is 0 Å². The highest BCUT2D eigenvalue weighted by Gasteiger charge is 2.24. The molecule has 4 heterocycles. The van der Waals surface area contributed by atoms with Crippen molar-refractivity contribution in [3.8, 4) is 5.82 Å². The SMILES string of the molecule is O=C(c1ccc(Cl)s1)N1CCN(c2cc(-n3cccn3)ncn2)CC1. The number of hydrogen-bond acceptors (Lipinski definition) is 6. The second-order valence-electron chi connectivity index (χ2n) is 5.57. The van der Waals surface area contributed by atoms with E-state index in [0.717, 1.165) is 24.7 Å². The highest BCUT2D eigenvalue weighted by molar-refractivity contribution is 7.17. The van der Waals surface area contributed by atoms with E-state index in [1.54, 1.807) is 23.0 Å². The zero-order valence-electron chi connectivity index (χ0n) is 13.2. The zero-order chi connectivity index (χ0) is 17.2. The summed E-state index contributed by atoms with van der Waals surface area (Å²) in [4.78, 5) is 25.8. The molecule has 0 bridgehead atoms. The predicted molar refractivity (Wildman–Crippen MR) is 96.6 cm³/mol. The Morgan fingerprint density at radius 1 is 1.12 bits per heavy atom. The molecule has 0 spiro atoms. The molecule has 1 aliphatic heterocycles. The first kappa shape index (κ1) is 16.0. The lowest BCUT2D eigenvalue weighted by Gasteiger charge is -2.35. The third kappa shape index (κ3) is 3.35. The van der Waals surface area contributed by atoms with Gasteiger partial charge in [0.05, 0.1) is 9.21 Å². The van der Waals surface area contributed by atoms with Gasteiger partial charge in [0, 0.05) is 44.6 Å². The number of aromatic nitrogens is 4. The van der Waals surface area contributed by atoms with Gasteiger partial charge in [0.15, 0.2) is 5.82 Å². The summed E-state index contributed by atoms with van der Waals surface area (Å²) >= 11 is 7.24. The van der Waals surface area contributed by atoms with Gasteiger partial charge in [-0.3, -0.25) is 4.79 Å². The van der Waals surface area contributed by atoms with Crippen molar-refractivity contribution in [2.75, 3.05) is 31.1 Å². The van der Waals surface area contributed by atoms with Crippen LogP contribution < -0.4 is 4.90 Å². The average molecular weight is 375 g/mol. The minimum atomic E-state index is 0.0384. The second kappa shape index (κ2) is 6.81. The summed E-state index contributed by atoms with van der Waals surface area (Å²) in [6, 6.07) is 7.29. The molecule has 0 N–H and O–H groups in total. The summed E-state index contributed by atoms with van der Waals surface area (Å²) < 4.78 is 2.33. The fourth-order valence-electron chi connectivity index (χ4n) is 2.76. The number of halogens is 1. The average Bonchev–Trinajstić information content (AvgIpc) is 3.33. The monoisotopic (exact) mass is 374 g/mol. The Hall–Kier alpha value is -2.45. The molecule has 7 nitrogen and oxygen atoms in total. The van der Waals surface area contributed by atoms with Crippen LogP contribution in [0.5, 0.6) is 0 Å². The fourth-order valence-corrected chi connectivity index (χ4v) is 3.77. The molecule has 128 valence electrons. The highest BCUT2D eigenvalue weighted by Crippen LogP contribution is 2.24. The summed E-state index contributed by atoms with van der Waals surface area (Å²) in [6.07, 6.45) is 5.09. The maximum absolute atomic E-state index is 12.5. The lowest BCUT2D eigenvalue weighted by molar-refractivity contribution is 0.0751. The molecule has 0 atom stereocenters. The number of thiophene rings is 1. The van der Waals surface area contributed by atoms with E-state index in [0.29, 0.717) is 22.3 Å². The third-order valence-corrected chi connectivity index (χ3v) is 5.27. The quantitative estimate of drug-likeness (QED) is 0.704. The number of nitrogens with zero attached hydrogens (tertiary/aromatic N) is 6. The summed E-state index contributed by atoms with van der Waals surface area (Å²) in [5, 5.41) is 4.19. The Bertz CT molecular complexity index is 872. The summed E-state index contributed by atoms with van der Waals surface area (Å²) in [7, 11) is 0. The van der Waals surface area contributed by atoms with E-state index in [-0.39, 0.29) is 5.91 Å². The van der Waals surface area contributed by atoms with Crippen LogP contribution in [0.15, 0.2) is 43.0 Å². The number of anilines is 1. The summed E-state index contributed by atoms with van der Waals surface area (Å²) in [6.45, 7) is 2.74. The van der Waals surface area contributed by atoms with Crippen LogP contribution in [0.1, 0.15) is 9.67 Å². The van der Waals surface area contributed by atoms with Gasteiger partial charge in [0.2, 0.25) is 0 Å². The summed E-state index contributed by atoms with van der Waals surface area (Å²) in [5.41, 5.74) is 0. The number of piperazine rings is 1. The molecule has 0 radical (unpaired) electrons. The van der Waals surface area contributed by atoms with Crippen molar-refractivity contribution in [3.05, 3.63) is 52.2 Å². The fraction of sp³-hybridized carbons (Fsp3) is 0.250. The van der Waals surface area contributed by atoms with E-state index in [1.807, 2.05) is 23.2 Å². The Kier molecular flexibility index (Phi) is 4.37. The van der Waals surface area contributed by atoms with Crippen LogP contribution in [-0.4, -0.2) is 56.7 Å². The van der Waals surface area contributed by atoms with Crippen molar-refractivity contribution in [1.82, 2.24) is 24.6 Å². The first-order valence-electron chi connectivity index (χ1n) is 7.82. The molecular formula is C16H15ClN6OS. The lowest BCUT2D eigenvalue weighted by atomic mass is 10.3. The topological polar surface area (TPSA) is 67.2 Å². The van der Waals surface area contributed by atoms with Gasteiger partial charge < -0.3 is 9.80 Å². The van der Waals surface area contributed by atoms with E-state index in [1.165, 1.54) is 17.7 Å². The Labute approximate surface area is 153 Å². The van der Waals surface area contributed by atoms with Gasteiger partial charge in [0.1, 0.15) is 12.1 Å². The van der Waals surface area contributed by atoms with Gasteiger partial charge in [0.25, 0.3) is 5.91 Å². The standard InChI is InChI=1S/C16H15ClN6OS/c17-13-3-2-12(25-13)16(24)22-8-6-21(7-9-22)14-10-15(19-11-18-14)23-5-1-4-20-23/h1-5,10-11H,6-9H2. The molecule has 0 saturated carbocycles. The number of rotatable bonds is 3. The van der Waals surface area contributed by atoms with Crippen LogP contribution in [0.4, 0.5) is 5.82 Å². The van der Waals surface area contributed by atoms with Crippen LogP contribution in [0.2, 0.25) is 4.34 Å². The molecule has 3 aromatic rings. The van der Waals surface area contributed by atoms with Crippen LogP contribution in [-0.2, 0) is 0 Å². The minimum absolute atomic E-state index is 0.0384. The number of amides is 1. The van der Waals surface area contributed by atoms with Gasteiger partial charge in [-0.05, 0) is 18.2 Å². The molecule has 1 aliphatic rings. The molecule has 0 aromatic carbocycles. The minimum Gasteiger partial charge on any atom is -0.353 e. The Morgan fingerprint density at radius 3 is 2.60 bits per heavy atom. The third-order valence-electron chi connectivity index (χ3n) is 4.05. The first-order chi connectivity index (χ1) is 12.2. The molecule has 1 amide bonds. The normalized spacial score (nSPS) is 14.8. The van der Waals surface area contributed by atoms with E-state index >= 15 is 0 Å². The van der Waals surface area contributed by atoms with Crippen molar-refractivity contribution in [1.29, 1.82) is 0 Å². The van der Waals surface area contributed by atoms with Crippen molar-refractivity contribution < 1.29 is 4.79 Å². The molecule has 1 saturated heterocycles. The number of hydrogen-bond donors (Lipinski definition) is 0. The van der Waals surface area contributed by atoms with Gasteiger partial charge in [-0.25, -0.2) is 14.6 Å². The van der Waals surface area contributed by atoms with Crippen LogP contribution in [0.25, 0.3) is 5.82 Å². The molecule has 9 heteroatoms. The lowest BCUT2D eigenvalue weighted by Crippen LogP contribution is -2.48. The van der Waals surface area contributed by atoms with Crippen molar-refractivity contribution in [2.24, 2.45) is 0 Å². The zero-order valence-corrected chi connectivity index (χ0v) is 14.8. The van der Waals surface area contributed by atoms with Crippen molar-refractivity contribution in [3.63, 3.8) is 0 Å². The molecule has 0 aliphatic carbocycles. The van der Waals surface area contributed by atoms with Gasteiger partial charge >= 0.3 is 0 Å². The van der Waals surface area contributed by atoms with E-state index in [9.17, 15) is 4.79 Å². The van der Waals surface area contributed by atoms with Gasteiger partial charge in [-0.2, -0.15) is 5.10 Å². The van der Waals surface area contributed by atoms with E-state index < -0.39 is 0 Å².